The van der Waals surface area contributed by atoms with E-state index in [9.17, 15) is 0 Å². The Hall–Kier alpha value is -7.51. The van der Waals surface area contributed by atoms with Gasteiger partial charge in [-0.2, -0.15) is 0 Å². The van der Waals surface area contributed by atoms with Gasteiger partial charge >= 0.3 is 0 Å². The molecule has 14 rings (SSSR count). The van der Waals surface area contributed by atoms with Crippen molar-refractivity contribution in [3.63, 3.8) is 0 Å². The van der Waals surface area contributed by atoms with Gasteiger partial charge in [-0.1, -0.05) is 121 Å². The van der Waals surface area contributed by atoms with Crippen molar-refractivity contribution in [1.82, 2.24) is 9.97 Å². The van der Waals surface area contributed by atoms with Crippen molar-refractivity contribution in [2.24, 2.45) is 0 Å². The molecule has 1 spiro atoms. The van der Waals surface area contributed by atoms with Gasteiger partial charge in [0.2, 0.25) is 11.8 Å². The summed E-state index contributed by atoms with van der Waals surface area (Å²) < 4.78 is 15.1. The predicted molar refractivity (Wildman–Crippen MR) is 258 cm³/mol. The molecule has 12 aromatic rings. The fraction of sp³-hybridized carbons (Fsp3) is 0.0175. The molecule has 4 heterocycles. The molecule has 63 heavy (non-hydrogen) atoms. The van der Waals surface area contributed by atoms with Crippen LogP contribution in [-0.4, -0.2) is 9.97 Å². The summed E-state index contributed by atoms with van der Waals surface area (Å²) in [5.41, 5.74) is 17.0. The van der Waals surface area contributed by atoms with Crippen LogP contribution in [0.15, 0.2) is 213 Å². The molecule has 9 aromatic carbocycles. The lowest BCUT2D eigenvalue weighted by molar-refractivity contribution is 0.617. The maximum Gasteiger partial charge on any atom is 0.227 e. The van der Waals surface area contributed by atoms with Crippen LogP contribution in [0.3, 0.4) is 0 Å². The summed E-state index contributed by atoms with van der Waals surface area (Å²) in [4.78, 5) is 12.4. The Labute approximate surface area is 370 Å². The molecule has 2 aliphatic rings. The number of oxazole rings is 2. The summed E-state index contributed by atoms with van der Waals surface area (Å²) in [6, 6.07) is 70.1. The van der Waals surface area contributed by atoms with Crippen molar-refractivity contribution in [1.29, 1.82) is 0 Å². The Kier molecular flexibility index (Phi) is 7.38. The highest BCUT2D eigenvalue weighted by atomic mass is 32.2. The van der Waals surface area contributed by atoms with Crippen LogP contribution in [0.1, 0.15) is 22.3 Å². The van der Waals surface area contributed by atoms with E-state index < -0.39 is 0 Å². The molecule has 0 saturated carbocycles. The average molecular weight is 841 g/mol. The minimum Gasteiger partial charge on any atom is -0.436 e. The monoisotopic (exact) mass is 840 g/mol. The van der Waals surface area contributed by atoms with E-state index in [1.807, 2.05) is 71.6 Å². The highest BCUT2D eigenvalue weighted by molar-refractivity contribution is 7.99. The molecule has 0 atom stereocenters. The Bertz CT molecular complexity index is 3670. The first kappa shape index (κ1) is 35.1. The predicted octanol–water partition coefficient (Wildman–Crippen LogP) is 15.8. The molecule has 0 saturated heterocycles. The molecule has 294 valence electrons. The van der Waals surface area contributed by atoms with Gasteiger partial charge in [0, 0.05) is 41.1 Å². The highest BCUT2D eigenvalue weighted by Gasteiger charge is 2.50. The Morgan fingerprint density at radius 3 is 1.46 bits per heavy atom. The zero-order valence-corrected chi connectivity index (χ0v) is 35.1. The van der Waals surface area contributed by atoms with E-state index in [1.165, 1.54) is 74.5 Å². The van der Waals surface area contributed by atoms with Crippen LogP contribution in [0.4, 0.5) is 0 Å². The number of fused-ring (bicyclic) bond motifs is 14. The molecule has 3 aromatic heterocycles. The van der Waals surface area contributed by atoms with E-state index in [4.69, 9.17) is 18.8 Å². The van der Waals surface area contributed by atoms with Gasteiger partial charge < -0.3 is 8.83 Å². The first-order valence-corrected chi connectivity index (χ1v) is 22.7. The van der Waals surface area contributed by atoms with Gasteiger partial charge in [-0.05, 0) is 141 Å². The highest BCUT2D eigenvalue weighted by Crippen LogP contribution is 2.62. The van der Waals surface area contributed by atoms with Crippen molar-refractivity contribution in [3.05, 3.63) is 216 Å². The summed E-state index contributed by atoms with van der Waals surface area (Å²) in [5, 5.41) is 2.47. The summed E-state index contributed by atoms with van der Waals surface area (Å²) in [7, 11) is 0. The molecule has 1 aliphatic carbocycles. The van der Waals surface area contributed by atoms with Gasteiger partial charge in [-0.25, -0.2) is 9.97 Å². The third kappa shape index (κ3) is 5.17. The maximum absolute atomic E-state index is 6.32. The van der Waals surface area contributed by atoms with Crippen LogP contribution in [0.25, 0.3) is 98.7 Å². The third-order valence-corrected chi connectivity index (χ3v) is 15.3. The van der Waals surface area contributed by atoms with Gasteiger partial charge in [0.25, 0.3) is 0 Å². The number of hydrogen-bond acceptors (Lipinski definition) is 6. The Morgan fingerprint density at radius 2 is 0.841 bits per heavy atom. The zero-order chi connectivity index (χ0) is 41.2. The van der Waals surface area contributed by atoms with Crippen LogP contribution in [0, 0.1) is 0 Å². The van der Waals surface area contributed by atoms with E-state index in [1.54, 1.807) is 0 Å². The van der Waals surface area contributed by atoms with Gasteiger partial charge in [0.05, 0.1) is 5.41 Å². The summed E-state index contributed by atoms with van der Waals surface area (Å²) >= 11 is 3.72. The van der Waals surface area contributed by atoms with E-state index in [2.05, 4.69) is 146 Å². The number of benzene rings is 9. The van der Waals surface area contributed by atoms with Crippen molar-refractivity contribution >= 4 is 65.5 Å². The molecule has 1 aliphatic heterocycles. The minimum absolute atomic E-state index is 0.384. The smallest absolute Gasteiger partial charge is 0.227 e. The molecular weight excluding hydrogens is 809 g/mol. The first-order valence-electron chi connectivity index (χ1n) is 21.1. The number of hydrogen-bond donors (Lipinski definition) is 0. The minimum atomic E-state index is -0.384. The van der Waals surface area contributed by atoms with Crippen molar-refractivity contribution in [2.45, 2.75) is 15.2 Å². The number of para-hydroxylation sites is 4. The molecular formula is C57H32N2O2S2. The molecule has 0 fully saturated rings. The summed E-state index contributed by atoms with van der Waals surface area (Å²) in [6.45, 7) is 0. The average Bonchev–Trinajstić information content (AvgIpc) is 4.13. The van der Waals surface area contributed by atoms with Crippen LogP contribution < -0.4 is 0 Å². The van der Waals surface area contributed by atoms with Crippen LogP contribution >= 0.6 is 23.1 Å². The van der Waals surface area contributed by atoms with Gasteiger partial charge in [-0.3, -0.25) is 0 Å². The number of thiophene rings is 1. The second-order valence-corrected chi connectivity index (χ2v) is 18.6. The van der Waals surface area contributed by atoms with E-state index in [0.717, 1.165) is 44.5 Å². The SMILES string of the molecule is c1ccc2c(c1)Sc1ccccc1C21c2ccccc2-c2cc(-c3ccc4sc5ccc(-c6cc(-c7nc8ccccc8o7)cc(-c7nc8ccccc8o7)c6)cc5c4c3)ccc21. The van der Waals surface area contributed by atoms with Gasteiger partial charge in [0.1, 0.15) is 11.0 Å². The topological polar surface area (TPSA) is 52.1 Å². The third-order valence-electron chi connectivity index (χ3n) is 13.0. The fourth-order valence-electron chi connectivity index (χ4n) is 10.2. The molecule has 6 heteroatoms. The summed E-state index contributed by atoms with van der Waals surface area (Å²) in [5.74, 6) is 1.11. The first-order chi connectivity index (χ1) is 31.2. The molecule has 0 unspecified atom stereocenters. The van der Waals surface area contributed by atoms with E-state index in [-0.39, 0.29) is 5.41 Å². The van der Waals surface area contributed by atoms with Gasteiger partial charge in [0.15, 0.2) is 11.2 Å². The summed E-state index contributed by atoms with van der Waals surface area (Å²) in [6.07, 6.45) is 0. The zero-order valence-electron chi connectivity index (χ0n) is 33.5. The fourth-order valence-corrected chi connectivity index (χ4v) is 12.5. The number of nitrogens with zero attached hydrogens (tertiary/aromatic N) is 2. The van der Waals surface area contributed by atoms with Crippen molar-refractivity contribution in [3.8, 4) is 56.3 Å². The Morgan fingerprint density at radius 1 is 0.365 bits per heavy atom. The molecule has 4 nitrogen and oxygen atoms in total. The van der Waals surface area contributed by atoms with Crippen molar-refractivity contribution < 1.29 is 8.83 Å². The van der Waals surface area contributed by atoms with E-state index >= 15 is 0 Å². The van der Waals surface area contributed by atoms with E-state index in [0.29, 0.717) is 11.8 Å². The second-order valence-electron chi connectivity index (χ2n) is 16.4. The molecule has 0 radical (unpaired) electrons. The second kappa shape index (κ2) is 13.2. The Balaban J connectivity index is 0.914. The molecule has 0 bridgehead atoms. The van der Waals surface area contributed by atoms with Crippen LogP contribution in [0.2, 0.25) is 0 Å². The lowest BCUT2D eigenvalue weighted by Crippen LogP contribution is -2.31. The van der Waals surface area contributed by atoms with Crippen molar-refractivity contribution in [2.75, 3.05) is 0 Å². The normalized spacial score (nSPS) is 13.5. The van der Waals surface area contributed by atoms with Crippen LogP contribution in [-0.2, 0) is 5.41 Å². The van der Waals surface area contributed by atoms with Crippen LogP contribution in [0.5, 0.6) is 0 Å². The number of aromatic nitrogens is 2. The molecule has 0 N–H and O–H groups in total. The lowest BCUT2D eigenvalue weighted by atomic mass is 9.67. The molecule has 0 amide bonds. The number of rotatable bonds is 4. The maximum atomic E-state index is 6.32. The quantitative estimate of drug-likeness (QED) is 0.177. The lowest BCUT2D eigenvalue weighted by Gasteiger charge is -2.39. The van der Waals surface area contributed by atoms with Gasteiger partial charge in [-0.15, -0.1) is 11.3 Å². The standard InChI is InChI=1S/C57H32N2O2S2/c1-2-12-43-39(11-1)40-30-33(21-24-44(40)57(43)45-13-3-9-19-53(45)63-54-20-10-4-14-46(54)57)34-22-25-51-41(31-34)42-32-35(23-26-52(42)62-51)36-27-37(55-58-47-15-5-7-17-49(47)60-55)29-38(28-36)56-59-48-16-6-8-18-50(48)61-56/h1-32H. The largest absolute Gasteiger partial charge is 0.436 e.